The van der Waals surface area contributed by atoms with Crippen LogP contribution in [-0.2, 0) is 16.4 Å². The van der Waals surface area contributed by atoms with Crippen LogP contribution in [0.3, 0.4) is 0 Å². The molecule has 4 nitrogen and oxygen atoms in total. The number of primary sulfonamides is 1. The van der Waals surface area contributed by atoms with Crippen LogP contribution in [0.25, 0.3) is 0 Å². The number of nitrogens with two attached hydrogens (primary N) is 1. The Bertz CT molecular complexity index is 477. The van der Waals surface area contributed by atoms with Crippen LogP contribution in [0.1, 0.15) is 5.56 Å². The lowest BCUT2D eigenvalue weighted by molar-refractivity contribution is 0.597. The Hall–Kier alpha value is -1.06. The van der Waals surface area contributed by atoms with Crippen molar-refractivity contribution in [1.29, 1.82) is 0 Å². The molecule has 0 unspecified atom stereocenters. The van der Waals surface area contributed by atoms with E-state index >= 15 is 0 Å². The van der Waals surface area contributed by atoms with Gasteiger partial charge in [0.1, 0.15) is 0 Å². The Kier molecular flexibility index (Phi) is 6.85. The molecule has 6 heteroatoms. The molecule has 3 N–H and O–H groups in total. The molecule has 0 aromatic heterocycles. The van der Waals surface area contributed by atoms with Crippen LogP contribution in [0.5, 0.6) is 0 Å². The fraction of sp³-hybridized carbons (Fsp3) is 0.273. The third kappa shape index (κ3) is 5.71. The van der Waals surface area contributed by atoms with Crippen molar-refractivity contribution in [3.8, 4) is 12.3 Å². The highest BCUT2D eigenvalue weighted by Crippen LogP contribution is 2.08. The van der Waals surface area contributed by atoms with Crippen molar-refractivity contribution in [2.24, 2.45) is 5.14 Å². The third-order valence-electron chi connectivity index (χ3n) is 2.07. The zero-order valence-electron chi connectivity index (χ0n) is 9.22. The normalized spacial score (nSPS) is 10.4. The van der Waals surface area contributed by atoms with Gasteiger partial charge >= 0.3 is 0 Å². The zero-order valence-corrected chi connectivity index (χ0v) is 10.9. The van der Waals surface area contributed by atoms with Gasteiger partial charge in [0.05, 0.1) is 11.4 Å². The molecule has 0 amide bonds. The maximum Gasteiger partial charge on any atom is 0.238 e. The average Bonchev–Trinajstić information content (AvgIpc) is 2.24. The van der Waals surface area contributed by atoms with E-state index in [1.165, 1.54) is 12.1 Å². The van der Waals surface area contributed by atoms with Crippen molar-refractivity contribution in [1.82, 2.24) is 5.32 Å². The first-order chi connectivity index (χ1) is 7.54. The summed E-state index contributed by atoms with van der Waals surface area (Å²) in [5.74, 6) is 2.48. The summed E-state index contributed by atoms with van der Waals surface area (Å²) in [4.78, 5) is 0.132. The molecule has 1 aromatic rings. The number of nitrogens with one attached hydrogen (secondary N) is 1. The number of terminal acetylenes is 1. The summed E-state index contributed by atoms with van der Waals surface area (Å²) in [5.41, 5.74) is 1.04. The maximum absolute atomic E-state index is 11.0. The third-order valence-corrected chi connectivity index (χ3v) is 3.00. The second-order valence-electron chi connectivity index (χ2n) is 3.32. The van der Waals surface area contributed by atoms with Crippen LogP contribution in [-0.4, -0.2) is 21.5 Å². The van der Waals surface area contributed by atoms with E-state index in [9.17, 15) is 8.42 Å². The van der Waals surface area contributed by atoms with Gasteiger partial charge in [-0.3, -0.25) is 0 Å². The molecule has 0 bridgehead atoms. The van der Waals surface area contributed by atoms with E-state index in [2.05, 4.69) is 11.2 Å². The second kappa shape index (κ2) is 7.30. The lowest BCUT2D eigenvalue weighted by atomic mass is 10.1. The van der Waals surface area contributed by atoms with Crippen LogP contribution >= 0.6 is 12.4 Å². The van der Waals surface area contributed by atoms with E-state index in [4.69, 9.17) is 11.6 Å². The molecule has 0 spiro atoms. The molecule has 0 atom stereocenters. The van der Waals surface area contributed by atoms with Gasteiger partial charge in [-0.2, -0.15) is 0 Å². The van der Waals surface area contributed by atoms with Gasteiger partial charge in [-0.15, -0.1) is 18.8 Å². The molecule has 0 fully saturated rings. The molecule has 0 aliphatic heterocycles. The van der Waals surface area contributed by atoms with E-state index in [1.54, 1.807) is 12.1 Å². The molecule has 94 valence electrons. The van der Waals surface area contributed by atoms with E-state index in [-0.39, 0.29) is 17.3 Å². The van der Waals surface area contributed by atoms with Crippen LogP contribution in [0, 0.1) is 12.3 Å². The number of hydrogen-bond acceptors (Lipinski definition) is 3. The molecule has 17 heavy (non-hydrogen) atoms. The van der Waals surface area contributed by atoms with Gasteiger partial charge in [-0.1, -0.05) is 18.1 Å². The predicted molar refractivity (Wildman–Crippen MR) is 70.5 cm³/mol. The summed E-state index contributed by atoms with van der Waals surface area (Å²) in [7, 11) is -3.59. The van der Waals surface area contributed by atoms with Crippen molar-refractivity contribution in [3.05, 3.63) is 29.8 Å². The lowest BCUT2D eigenvalue weighted by Gasteiger charge is -2.03. The fourth-order valence-corrected chi connectivity index (χ4v) is 1.75. The van der Waals surface area contributed by atoms with Gasteiger partial charge < -0.3 is 5.32 Å². The first kappa shape index (κ1) is 15.9. The van der Waals surface area contributed by atoms with E-state index in [1.807, 2.05) is 0 Å². The van der Waals surface area contributed by atoms with Crippen molar-refractivity contribution in [3.63, 3.8) is 0 Å². The van der Waals surface area contributed by atoms with Gasteiger partial charge in [-0.25, -0.2) is 13.6 Å². The molecular weight excluding hydrogens is 260 g/mol. The van der Waals surface area contributed by atoms with Gasteiger partial charge in [0.2, 0.25) is 10.0 Å². The molecule has 0 aliphatic rings. The van der Waals surface area contributed by atoms with Crippen molar-refractivity contribution in [2.75, 3.05) is 13.1 Å². The van der Waals surface area contributed by atoms with Crippen molar-refractivity contribution < 1.29 is 8.42 Å². The van der Waals surface area contributed by atoms with E-state index in [0.717, 1.165) is 18.5 Å². The van der Waals surface area contributed by atoms with Crippen LogP contribution in [0.15, 0.2) is 29.2 Å². The first-order valence-corrected chi connectivity index (χ1v) is 6.34. The summed E-state index contributed by atoms with van der Waals surface area (Å²) in [6, 6.07) is 6.51. The minimum absolute atomic E-state index is 0. The van der Waals surface area contributed by atoms with Crippen LogP contribution < -0.4 is 10.5 Å². The molecule has 1 rings (SSSR count). The molecule has 0 saturated heterocycles. The molecule has 0 heterocycles. The number of hydrogen-bond donors (Lipinski definition) is 2. The van der Waals surface area contributed by atoms with Crippen molar-refractivity contribution in [2.45, 2.75) is 11.3 Å². The number of rotatable bonds is 5. The number of benzene rings is 1. The summed E-state index contributed by atoms with van der Waals surface area (Å²) >= 11 is 0. The van der Waals surface area contributed by atoms with Crippen molar-refractivity contribution >= 4 is 22.4 Å². The Morgan fingerprint density at radius 1 is 1.29 bits per heavy atom. The Morgan fingerprint density at radius 3 is 2.35 bits per heavy atom. The highest BCUT2D eigenvalue weighted by atomic mass is 35.5. The standard InChI is InChI=1S/C11H14N2O2S.ClH/c1-2-8-13-9-7-10-3-5-11(6-4-10)16(12,14)15;/h1,3-6,13H,7-9H2,(H2,12,14,15);1H. The number of halogens is 1. The summed E-state index contributed by atoms with van der Waals surface area (Å²) in [5, 5.41) is 8.03. The molecule has 0 aliphatic carbocycles. The topological polar surface area (TPSA) is 72.2 Å². The minimum Gasteiger partial charge on any atom is -0.306 e. The van der Waals surface area contributed by atoms with Gasteiger partial charge in [0.25, 0.3) is 0 Å². The van der Waals surface area contributed by atoms with Crippen LogP contribution in [0.2, 0.25) is 0 Å². The largest absolute Gasteiger partial charge is 0.306 e. The average molecular weight is 275 g/mol. The van der Waals surface area contributed by atoms with E-state index in [0.29, 0.717) is 6.54 Å². The zero-order chi connectivity index (χ0) is 12.0. The lowest BCUT2D eigenvalue weighted by Crippen LogP contribution is -2.17. The molecule has 0 saturated carbocycles. The SMILES string of the molecule is C#CCNCCc1ccc(S(N)(=O)=O)cc1.Cl. The molecule has 0 radical (unpaired) electrons. The Balaban J connectivity index is 0.00000256. The quantitative estimate of drug-likeness (QED) is 0.607. The predicted octanol–water partition coefficient (Wildman–Crippen LogP) is 0.521. The minimum atomic E-state index is -3.59. The van der Waals surface area contributed by atoms with E-state index < -0.39 is 10.0 Å². The monoisotopic (exact) mass is 274 g/mol. The Morgan fingerprint density at radius 2 is 1.88 bits per heavy atom. The summed E-state index contributed by atoms with van der Waals surface area (Å²) in [6.45, 7) is 1.30. The van der Waals surface area contributed by atoms with Gasteiger partial charge in [0.15, 0.2) is 0 Å². The molecular formula is C11H15ClN2O2S. The van der Waals surface area contributed by atoms with Gasteiger partial charge in [0, 0.05) is 6.54 Å². The van der Waals surface area contributed by atoms with Gasteiger partial charge in [-0.05, 0) is 24.1 Å². The fourth-order valence-electron chi connectivity index (χ4n) is 1.24. The summed E-state index contributed by atoms with van der Waals surface area (Å²) < 4.78 is 22.0. The maximum atomic E-state index is 11.0. The summed E-state index contributed by atoms with van der Waals surface area (Å²) in [6.07, 6.45) is 5.88. The number of sulfonamides is 1. The van der Waals surface area contributed by atoms with Crippen LogP contribution in [0.4, 0.5) is 0 Å². The Labute approximate surface area is 108 Å². The highest BCUT2D eigenvalue weighted by Gasteiger charge is 2.06. The molecule has 1 aromatic carbocycles. The first-order valence-electron chi connectivity index (χ1n) is 4.80. The smallest absolute Gasteiger partial charge is 0.238 e. The second-order valence-corrected chi connectivity index (χ2v) is 4.88. The highest BCUT2D eigenvalue weighted by molar-refractivity contribution is 7.89.